The van der Waals surface area contributed by atoms with Gasteiger partial charge < -0.3 is 14.8 Å². The normalized spacial score (nSPS) is 12.1. The van der Waals surface area contributed by atoms with Gasteiger partial charge in [0.05, 0.1) is 5.75 Å². The van der Waals surface area contributed by atoms with Gasteiger partial charge >= 0.3 is 0 Å². The van der Waals surface area contributed by atoms with Crippen LogP contribution in [0.15, 0.2) is 71.9 Å². The van der Waals surface area contributed by atoms with E-state index in [4.69, 9.17) is 32.7 Å². The number of carbonyl (C=O) groups excluding carboxylic acids is 1. The molecule has 0 atom stereocenters. The van der Waals surface area contributed by atoms with Gasteiger partial charge in [0.1, 0.15) is 0 Å². The number of benzene rings is 3. The zero-order chi connectivity index (χ0) is 22.8. The van der Waals surface area contributed by atoms with Gasteiger partial charge in [-0.1, -0.05) is 47.1 Å². The van der Waals surface area contributed by atoms with Crippen molar-refractivity contribution in [2.24, 2.45) is 0 Å². The molecule has 0 radical (unpaired) electrons. The molecule has 3 aromatic carbocycles. The van der Waals surface area contributed by atoms with Gasteiger partial charge in [0.25, 0.3) is 0 Å². The predicted octanol–water partition coefficient (Wildman–Crippen LogP) is 5.70. The Bertz CT molecular complexity index is 1330. The second kappa shape index (κ2) is 9.35. The van der Waals surface area contributed by atoms with E-state index in [1.165, 1.54) is 11.8 Å². The molecule has 7 nitrogen and oxygen atoms in total. The van der Waals surface area contributed by atoms with Crippen molar-refractivity contribution in [2.45, 2.75) is 5.16 Å². The standard InChI is InChI=1S/C23H16Cl2N4O3S/c24-15-4-7-18(8-5-15)29-22(14-2-1-3-16(25)10-14)27-28-23(29)33-12-21(30)26-17-6-9-19-20(11-17)32-13-31-19/h1-11H,12-13H2,(H,26,30). The van der Waals surface area contributed by atoms with Gasteiger partial charge in [-0.3, -0.25) is 9.36 Å². The minimum Gasteiger partial charge on any atom is -0.454 e. The summed E-state index contributed by atoms with van der Waals surface area (Å²) in [5, 5.41) is 13.3. The van der Waals surface area contributed by atoms with Crippen LogP contribution in [0.3, 0.4) is 0 Å². The Morgan fingerprint density at radius 2 is 1.79 bits per heavy atom. The summed E-state index contributed by atoms with van der Waals surface area (Å²) in [5.41, 5.74) is 2.25. The number of aromatic nitrogens is 3. The van der Waals surface area contributed by atoms with Crippen molar-refractivity contribution in [1.82, 2.24) is 14.8 Å². The number of ether oxygens (including phenoxy) is 2. The van der Waals surface area contributed by atoms with Crippen molar-refractivity contribution in [3.05, 3.63) is 76.8 Å². The van der Waals surface area contributed by atoms with Crippen molar-refractivity contribution in [1.29, 1.82) is 0 Å². The topological polar surface area (TPSA) is 78.3 Å². The lowest BCUT2D eigenvalue weighted by Crippen LogP contribution is -2.14. The van der Waals surface area contributed by atoms with Crippen LogP contribution in [-0.2, 0) is 4.79 Å². The number of carbonyl (C=O) groups is 1. The largest absolute Gasteiger partial charge is 0.454 e. The summed E-state index contributed by atoms with van der Waals surface area (Å²) < 4.78 is 12.5. The lowest BCUT2D eigenvalue weighted by Gasteiger charge is -2.11. The number of rotatable bonds is 6. The summed E-state index contributed by atoms with van der Waals surface area (Å²) in [5.74, 6) is 1.82. The van der Waals surface area contributed by atoms with Gasteiger partial charge in [-0.25, -0.2) is 0 Å². The molecule has 0 spiro atoms. The molecule has 0 unspecified atom stereocenters. The highest BCUT2D eigenvalue weighted by Crippen LogP contribution is 2.34. The fourth-order valence-electron chi connectivity index (χ4n) is 3.30. The fourth-order valence-corrected chi connectivity index (χ4v) is 4.37. The third-order valence-electron chi connectivity index (χ3n) is 4.79. The van der Waals surface area contributed by atoms with Gasteiger partial charge in [-0.2, -0.15) is 0 Å². The first-order valence-electron chi connectivity index (χ1n) is 9.86. The first kappa shape index (κ1) is 21.6. The van der Waals surface area contributed by atoms with Crippen LogP contribution < -0.4 is 14.8 Å². The number of nitrogens with one attached hydrogen (secondary N) is 1. The zero-order valence-electron chi connectivity index (χ0n) is 17.0. The predicted molar refractivity (Wildman–Crippen MR) is 129 cm³/mol. The van der Waals surface area contributed by atoms with E-state index in [0.29, 0.717) is 38.2 Å². The summed E-state index contributed by atoms with van der Waals surface area (Å²) in [6.07, 6.45) is 0. The van der Waals surface area contributed by atoms with E-state index in [9.17, 15) is 4.79 Å². The molecule has 5 rings (SSSR count). The second-order valence-electron chi connectivity index (χ2n) is 7.03. The molecule has 0 saturated heterocycles. The Labute approximate surface area is 203 Å². The van der Waals surface area contributed by atoms with E-state index in [1.54, 1.807) is 36.4 Å². The molecule has 0 bridgehead atoms. The Morgan fingerprint density at radius 3 is 2.61 bits per heavy atom. The molecule has 1 amide bonds. The maximum absolute atomic E-state index is 12.6. The Balaban J connectivity index is 1.38. The van der Waals surface area contributed by atoms with Crippen LogP contribution in [0.5, 0.6) is 11.5 Å². The highest BCUT2D eigenvalue weighted by Gasteiger charge is 2.18. The summed E-state index contributed by atoms with van der Waals surface area (Å²) >= 11 is 13.5. The number of hydrogen-bond acceptors (Lipinski definition) is 6. The maximum atomic E-state index is 12.6. The van der Waals surface area contributed by atoms with E-state index in [1.807, 2.05) is 34.9 Å². The fraction of sp³-hybridized carbons (Fsp3) is 0.0870. The number of fused-ring (bicyclic) bond motifs is 1. The minimum atomic E-state index is -0.186. The highest BCUT2D eigenvalue weighted by atomic mass is 35.5. The van der Waals surface area contributed by atoms with Crippen LogP contribution >= 0.6 is 35.0 Å². The van der Waals surface area contributed by atoms with Crippen molar-refractivity contribution in [2.75, 3.05) is 17.9 Å². The molecule has 0 saturated carbocycles. The first-order valence-corrected chi connectivity index (χ1v) is 11.6. The molecule has 10 heteroatoms. The molecule has 166 valence electrons. The van der Waals surface area contributed by atoms with E-state index < -0.39 is 0 Å². The number of amides is 1. The van der Waals surface area contributed by atoms with E-state index in [0.717, 1.165) is 11.3 Å². The maximum Gasteiger partial charge on any atom is 0.234 e. The van der Waals surface area contributed by atoms with Crippen LogP contribution in [-0.4, -0.2) is 33.2 Å². The Kier molecular flexibility index (Phi) is 6.13. The van der Waals surface area contributed by atoms with Gasteiger partial charge in [0.15, 0.2) is 22.5 Å². The third kappa shape index (κ3) is 4.78. The van der Waals surface area contributed by atoms with Crippen molar-refractivity contribution >= 4 is 46.6 Å². The van der Waals surface area contributed by atoms with Crippen LogP contribution in [0.25, 0.3) is 17.1 Å². The summed E-state index contributed by atoms with van der Waals surface area (Å²) in [7, 11) is 0. The second-order valence-corrected chi connectivity index (χ2v) is 8.85. The molecule has 0 fully saturated rings. The lowest BCUT2D eigenvalue weighted by atomic mass is 10.2. The van der Waals surface area contributed by atoms with E-state index in [2.05, 4.69) is 15.5 Å². The summed E-state index contributed by atoms with van der Waals surface area (Å²) in [6, 6.07) is 20.0. The molecular weight excluding hydrogens is 483 g/mol. The highest BCUT2D eigenvalue weighted by molar-refractivity contribution is 7.99. The van der Waals surface area contributed by atoms with E-state index in [-0.39, 0.29) is 18.5 Å². The molecular formula is C23H16Cl2N4O3S. The molecule has 4 aromatic rings. The minimum absolute atomic E-state index is 0.135. The molecule has 2 heterocycles. The van der Waals surface area contributed by atoms with Crippen LogP contribution in [0, 0.1) is 0 Å². The molecule has 1 aliphatic rings. The Hall–Kier alpha value is -3.20. The monoisotopic (exact) mass is 498 g/mol. The van der Waals surface area contributed by atoms with Gasteiger partial charge in [0.2, 0.25) is 12.7 Å². The SMILES string of the molecule is O=C(CSc1nnc(-c2cccc(Cl)c2)n1-c1ccc(Cl)cc1)Nc1ccc2c(c1)OCO2. The quantitative estimate of drug-likeness (QED) is 0.343. The molecule has 1 N–H and O–H groups in total. The van der Waals surface area contributed by atoms with Crippen molar-refractivity contribution in [3.8, 4) is 28.6 Å². The summed E-state index contributed by atoms with van der Waals surface area (Å²) in [4.78, 5) is 12.6. The van der Waals surface area contributed by atoms with Crippen LogP contribution in [0.2, 0.25) is 10.0 Å². The molecule has 1 aromatic heterocycles. The van der Waals surface area contributed by atoms with Crippen molar-refractivity contribution in [3.63, 3.8) is 0 Å². The summed E-state index contributed by atoms with van der Waals surface area (Å²) in [6.45, 7) is 0.178. The van der Waals surface area contributed by atoms with Crippen LogP contribution in [0.4, 0.5) is 5.69 Å². The number of nitrogens with zero attached hydrogens (tertiary/aromatic N) is 3. The molecule has 1 aliphatic heterocycles. The average Bonchev–Trinajstić information content (AvgIpc) is 3.45. The Morgan fingerprint density at radius 1 is 0.970 bits per heavy atom. The number of hydrogen-bond donors (Lipinski definition) is 1. The number of halogens is 2. The zero-order valence-corrected chi connectivity index (χ0v) is 19.3. The molecule has 33 heavy (non-hydrogen) atoms. The number of anilines is 1. The van der Waals surface area contributed by atoms with Gasteiger partial charge in [-0.15, -0.1) is 10.2 Å². The van der Waals surface area contributed by atoms with Crippen LogP contribution in [0.1, 0.15) is 0 Å². The molecule has 0 aliphatic carbocycles. The van der Waals surface area contributed by atoms with Crippen molar-refractivity contribution < 1.29 is 14.3 Å². The number of thioether (sulfide) groups is 1. The lowest BCUT2D eigenvalue weighted by molar-refractivity contribution is -0.113. The van der Waals surface area contributed by atoms with Gasteiger partial charge in [-0.05, 0) is 48.5 Å². The third-order valence-corrected chi connectivity index (χ3v) is 6.21. The first-order chi connectivity index (χ1) is 16.1. The smallest absolute Gasteiger partial charge is 0.234 e. The average molecular weight is 499 g/mol. The van der Waals surface area contributed by atoms with Gasteiger partial charge in [0, 0.05) is 33.0 Å². The van der Waals surface area contributed by atoms with E-state index >= 15 is 0 Å².